The summed E-state index contributed by atoms with van der Waals surface area (Å²) in [5.74, 6) is -1.14. The maximum Gasteiger partial charge on any atom is 0.328 e. The van der Waals surface area contributed by atoms with Crippen LogP contribution in [-0.2, 0) is 9.53 Å². The SMILES string of the molecule is CCC1CN(C(=O)c2ccc(C=CC(=O)O)cn2)CCO1. The van der Waals surface area contributed by atoms with Crippen LogP contribution in [0.3, 0.4) is 0 Å². The zero-order chi connectivity index (χ0) is 15.2. The van der Waals surface area contributed by atoms with Gasteiger partial charge in [-0.3, -0.25) is 9.78 Å². The summed E-state index contributed by atoms with van der Waals surface area (Å²) in [5.41, 5.74) is 1.00. The molecular weight excluding hydrogens is 272 g/mol. The van der Waals surface area contributed by atoms with Crippen LogP contribution >= 0.6 is 0 Å². The van der Waals surface area contributed by atoms with Crippen molar-refractivity contribution in [2.24, 2.45) is 0 Å². The van der Waals surface area contributed by atoms with Crippen LogP contribution < -0.4 is 0 Å². The van der Waals surface area contributed by atoms with Gasteiger partial charge in [-0.1, -0.05) is 13.0 Å². The second-order valence-electron chi connectivity index (χ2n) is 4.80. The van der Waals surface area contributed by atoms with Gasteiger partial charge in [0.1, 0.15) is 5.69 Å². The zero-order valence-corrected chi connectivity index (χ0v) is 11.9. The summed E-state index contributed by atoms with van der Waals surface area (Å²) in [7, 11) is 0. The van der Waals surface area contributed by atoms with Gasteiger partial charge in [0.25, 0.3) is 5.91 Å². The summed E-state index contributed by atoms with van der Waals surface area (Å²) in [6.07, 6.45) is 4.92. The van der Waals surface area contributed by atoms with Crippen LogP contribution in [0.5, 0.6) is 0 Å². The lowest BCUT2D eigenvalue weighted by Gasteiger charge is -2.32. The Morgan fingerprint density at radius 3 is 2.95 bits per heavy atom. The molecule has 1 aromatic heterocycles. The van der Waals surface area contributed by atoms with Gasteiger partial charge in [-0.2, -0.15) is 0 Å². The molecule has 1 aliphatic heterocycles. The molecule has 2 rings (SSSR count). The van der Waals surface area contributed by atoms with Crippen molar-refractivity contribution >= 4 is 18.0 Å². The molecule has 6 heteroatoms. The lowest BCUT2D eigenvalue weighted by Crippen LogP contribution is -2.45. The molecule has 6 nitrogen and oxygen atoms in total. The van der Waals surface area contributed by atoms with Gasteiger partial charge in [-0.15, -0.1) is 0 Å². The molecule has 1 aromatic rings. The molecule has 1 N–H and O–H groups in total. The van der Waals surface area contributed by atoms with E-state index < -0.39 is 5.97 Å². The van der Waals surface area contributed by atoms with E-state index in [0.29, 0.717) is 31.0 Å². The lowest BCUT2D eigenvalue weighted by atomic mass is 10.2. The van der Waals surface area contributed by atoms with Gasteiger partial charge in [0.15, 0.2) is 0 Å². The molecule has 0 saturated carbocycles. The number of carbonyl (C=O) groups is 2. The van der Waals surface area contributed by atoms with E-state index in [4.69, 9.17) is 9.84 Å². The Morgan fingerprint density at radius 2 is 2.33 bits per heavy atom. The molecule has 1 fully saturated rings. The molecule has 1 atom stereocenters. The number of aromatic nitrogens is 1. The van der Waals surface area contributed by atoms with Gasteiger partial charge < -0.3 is 14.7 Å². The van der Waals surface area contributed by atoms with Crippen molar-refractivity contribution in [1.29, 1.82) is 0 Å². The second-order valence-corrected chi connectivity index (χ2v) is 4.80. The van der Waals surface area contributed by atoms with Crippen LogP contribution in [0.1, 0.15) is 29.4 Å². The molecule has 1 unspecified atom stereocenters. The molecule has 0 bridgehead atoms. The highest BCUT2D eigenvalue weighted by atomic mass is 16.5. The van der Waals surface area contributed by atoms with Crippen molar-refractivity contribution in [3.63, 3.8) is 0 Å². The fourth-order valence-electron chi connectivity index (χ4n) is 2.11. The normalized spacial score (nSPS) is 18.9. The van der Waals surface area contributed by atoms with Crippen molar-refractivity contribution < 1.29 is 19.4 Å². The topological polar surface area (TPSA) is 79.7 Å². The van der Waals surface area contributed by atoms with Gasteiger partial charge in [0.2, 0.25) is 0 Å². The first-order valence-corrected chi connectivity index (χ1v) is 6.88. The zero-order valence-electron chi connectivity index (χ0n) is 11.9. The third-order valence-corrected chi connectivity index (χ3v) is 3.31. The van der Waals surface area contributed by atoms with Crippen LogP contribution in [0.4, 0.5) is 0 Å². The minimum Gasteiger partial charge on any atom is -0.478 e. The van der Waals surface area contributed by atoms with E-state index in [1.54, 1.807) is 17.0 Å². The Hall–Kier alpha value is -2.21. The quantitative estimate of drug-likeness (QED) is 0.849. The summed E-state index contributed by atoms with van der Waals surface area (Å²) in [6, 6.07) is 3.29. The number of hydrogen-bond donors (Lipinski definition) is 1. The molecule has 1 amide bonds. The molecular formula is C15H18N2O4. The molecule has 0 spiro atoms. The molecule has 1 aliphatic rings. The molecule has 0 aromatic carbocycles. The highest BCUT2D eigenvalue weighted by molar-refractivity contribution is 5.92. The van der Waals surface area contributed by atoms with Crippen LogP contribution in [-0.4, -0.2) is 52.7 Å². The van der Waals surface area contributed by atoms with E-state index in [2.05, 4.69) is 4.98 Å². The summed E-state index contributed by atoms with van der Waals surface area (Å²) in [6.45, 7) is 3.72. The number of morpholine rings is 1. The monoisotopic (exact) mass is 290 g/mol. The largest absolute Gasteiger partial charge is 0.478 e. The Kier molecular flexibility index (Phi) is 5.05. The van der Waals surface area contributed by atoms with Gasteiger partial charge in [-0.05, 0) is 24.1 Å². The van der Waals surface area contributed by atoms with Gasteiger partial charge >= 0.3 is 5.97 Å². The first-order chi connectivity index (χ1) is 10.1. The Balaban J connectivity index is 2.04. The number of hydrogen-bond acceptors (Lipinski definition) is 4. The smallest absolute Gasteiger partial charge is 0.328 e. The molecule has 21 heavy (non-hydrogen) atoms. The van der Waals surface area contributed by atoms with Crippen LogP contribution in [0, 0.1) is 0 Å². The molecule has 2 heterocycles. The number of nitrogens with zero attached hydrogens (tertiary/aromatic N) is 2. The number of rotatable bonds is 4. The van der Waals surface area contributed by atoms with Crippen molar-refractivity contribution in [2.45, 2.75) is 19.4 Å². The number of amides is 1. The fourth-order valence-corrected chi connectivity index (χ4v) is 2.11. The number of pyridine rings is 1. The summed E-state index contributed by atoms with van der Waals surface area (Å²) >= 11 is 0. The van der Waals surface area contributed by atoms with Crippen molar-refractivity contribution in [3.8, 4) is 0 Å². The second kappa shape index (κ2) is 6.99. The Bertz CT molecular complexity index is 539. The predicted octanol–water partition coefficient (Wildman–Crippen LogP) is 1.43. The molecule has 0 radical (unpaired) electrons. The fraction of sp³-hybridized carbons (Fsp3) is 0.400. The van der Waals surface area contributed by atoms with Crippen molar-refractivity contribution in [3.05, 3.63) is 35.7 Å². The number of carboxylic acid groups (broad SMARTS) is 1. The maximum atomic E-state index is 12.3. The van der Waals surface area contributed by atoms with E-state index >= 15 is 0 Å². The summed E-state index contributed by atoms with van der Waals surface area (Å²) in [4.78, 5) is 28.6. The first-order valence-electron chi connectivity index (χ1n) is 6.88. The lowest BCUT2D eigenvalue weighted by molar-refractivity contribution is -0.131. The van der Waals surface area contributed by atoms with Gasteiger partial charge in [0, 0.05) is 25.4 Å². The van der Waals surface area contributed by atoms with Crippen molar-refractivity contribution in [2.75, 3.05) is 19.7 Å². The van der Waals surface area contributed by atoms with E-state index in [1.807, 2.05) is 6.92 Å². The van der Waals surface area contributed by atoms with E-state index in [9.17, 15) is 9.59 Å². The highest BCUT2D eigenvalue weighted by Crippen LogP contribution is 2.12. The van der Waals surface area contributed by atoms with Gasteiger partial charge in [0.05, 0.1) is 12.7 Å². The number of ether oxygens (including phenoxy) is 1. The molecule has 0 aliphatic carbocycles. The Labute approximate surface area is 123 Å². The van der Waals surface area contributed by atoms with Crippen LogP contribution in [0.2, 0.25) is 0 Å². The summed E-state index contributed by atoms with van der Waals surface area (Å²) in [5, 5.41) is 8.56. The number of aliphatic carboxylic acids is 1. The van der Waals surface area contributed by atoms with Gasteiger partial charge in [-0.25, -0.2) is 4.79 Å². The number of carboxylic acids is 1. The van der Waals surface area contributed by atoms with E-state index in [-0.39, 0.29) is 12.0 Å². The highest BCUT2D eigenvalue weighted by Gasteiger charge is 2.24. The third-order valence-electron chi connectivity index (χ3n) is 3.31. The molecule has 112 valence electrons. The van der Waals surface area contributed by atoms with Crippen molar-refractivity contribution in [1.82, 2.24) is 9.88 Å². The third kappa shape index (κ3) is 4.13. The average molecular weight is 290 g/mol. The maximum absolute atomic E-state index is 12.3. The van der Waals surface area contributed by atoms with Crippen LogP contribution in [0.15, 0.2) is 24.4 Å². The Morgan fingerprint density at radius 1 is 1.52 bits per heavy atom. The van der Waals surface area contributed by atoms with E-state index in [1.165, 1.54) is 12.3 Å². The molecule has 1 saturated heterocycles. The van der Waals surface area contributed by atoms with Crippen LogP contribution in [0.25, 0.3) is 6.08 Å². The first kappa shape index (κ1) is 15.2. The standard InChI is InChI=1S/C15H18N2O4/c1-2-12-10-17(7-8-21-12)15(20)13-5-3-11(9-16-13)4-6-14(18)19/h3-6,9,12H,2,7-8,10H2,1H3,(H,18,19). The predicted molar refractivity (Wildman–Crippen MR) is 76.8 cm³/mol. The van der Waals surface area contributed by atoms with E-state index in [0.717, 1.165) is 12.5 Å². The average Bonchev–Trinajstić information content (AvgIpc) is 2.52. The summed E-state index contributed by atoms with van der Waals surface area (Å²) < 4.78 is 5.54. The minimum atomic E-state index is -1.02. The number of carbonyl (C=O) groups excluding carboxylic acids is 1. The minimum absolute atomic E-state index is 0.0838.